The average Bonchev–Trinajstić information content (AvgIpc) is 2.56. The second-order valence-corrected chi connectivity index (χ2v) is 3.93. The van der Waals surface area contributed by atoms with E-state index in [2.05, 4.69) is 0 Å². The maximum absolute atomic E-state index is 10.6. The van der Waals surface area contributed by atoms with Gasteiger partial charge in [0.15, 0.2) is 0 Å². The first-order chi connectivity index (χ1) is 7.56. The summed E-state index contributed by atoms with van der Waals surface area (Å²) in [6.07, 6.45) is 0. The Morgan fingerprint density at radius 3 is 2.75 bits per heavy atom. The summed E-state index contributed by atoms with van der Waals surface area (Å²) in [5, 5.41) is 11.4. The van der Waals surface area contributed by atoms with Gasteiger partial charge in [-0.05, 0) is 26.2 Å². The summed E-state index contributed by atoms with van der Waals surface area (Å²) in [5.74, 6) is 0.806. The normalized spacial score (nSPS) is 11.2. The van der Waals surface area contributed by atoms with Crippen LogP contribution < -0.4 is 0 Å². The molecule has 84 valence electrons. The third-order valence-electron chi connectivity index (χ3n) is 2.23. The van der Waals surface area contributed by atoms with Gasteiger partial charge in [-0.2, -0.15) is 0 Å². The summed E-state index contributed by atoms with van der Waals surface area (Å²) in [6.45, 7) is 0.683. The van der Waals surface area contributed by atoms with E-state index in [-0.39, 0.29) is 5.69 Å². The Morgan fingerprint density at radius 2 is 2.12 bits per heavy atom. The zero-order valence-electron chi connectivity index (χ0n) is 9.14. The van der Waals surface area contributed by atoms with Crippen LogP contribution in [0.15, 0.2) is 28.7 Å². The molecule has 2 aromatic rings. The largest absolute Gasteiger partial charge is 0.460 e. The highest BCUT2D eigenvalue weighted by Crippen LogP contribution is 2.24. The number of non-ortho nitro benzene ring substituents is 1. The maximum Gasteiger partial charge on any atom is 0.270 e. The minimum atomic E-state index is -0.405. The molecular formula is C11H12N2O3. The maximum atomic E-state index is 10.6. The van der Waals surface area contributed by atoms with Crippen molar-refractivity contribution in [2.24, 2.45) is 0 Å². The lowest BCUT2D eigenvalue weighted by atomic mass is 10.2. The zero-order valence-corrected chi connectivity index (χ0v) is 9.14. The van der Waals surface area contributed by atoms with Crippen LogP contribution in [0, 0.1) is 10.1 Å². The average molecular weight is 220 g/mol. The fraction of sp³-hybridized carbons (Fsp3) is 0.273. The molecule has 5 nitrogen and oxygen atoms in total. The number of nitro benzene ring substituents is 1. The summed E-state index contributed by atoms with van der Waals surface area (Å²) in [4.78, 5) is 12.2. The molecule has 0 aliphatic heterocycles. The first kappa shape index (κ1) is 10.6. The van der Waals surface area contributed by atoms with E-state index in [1.807, 2.05) is 25.1 Å². The Morgan fingerprint density at radius 1 is 1.38 bits per heavy atom. The predicted molar refractivity (Wildman–Crippen MR) is 60.3 cm³/mol. The van der Waals surface area contributed by atoms with Crippen molar-refractivity contribution in [3.05, 3.63) is 40.1 Å². The summed E-state index contributed by atoms with van der Waals surface area (Å²) in [7, 11) is 3.88. The first-order valence-corrected chi connectivity index (χ1v) is 4.88. The number of nitrogens with zero attached hydrogens (tertiary/aromatic N) is 2. The molecule has 0 atom stereocenters. The molecule has 2 rings (SSSR count). The number of fused-ring (bicyclic) bond motifs is 1. The van der Waals surface area contributed by atoms with Crippen molar-refractivity contribution in [3.63, 3.8) is 0 Å². The zero-order chi connectivity index (χ0) is 11.7. The lowest BCUT2D eigenvalue weighted by Gasteiger charge is -2.04. The lowest BCUT2D eigenvalue weighted by Crippen LogP contribution is -2.09. The number of rotatable bonds is 3. The molecule has 0 saturated carbocycles. The van der Waals surface area contributed by atoms with Crippen LogP contribution in [0.1, 0.15) is 5.76 Å². The Kier molecular flexibility index (Phi) is 2.62. The van der Waals surface area contributed by atoms with Gasteiger partial charge in [-0.3, -0.25) is 10.1 Å². The summed E-state index contributed by atoms with van der Waals surface area (Å²) in [6, 6.07) is 6.44. The Balaban J connectivity index is 2.42. The summed E-state index contributed by atoms with van der Waals surface area (Å²) in [5.41, 5.74) is 0.771. The Hall–Kier alpha value is -1.88. The van der Waals surface area contributed by atoms with Gasteiger partial charge in [-0.1, -0.05) is 0 Å². The van der Waals surface area contributed by atoms with Crippen molar-refractivity contribution in [1.82, 2.24) is 4.90 Å². The van der Waals surface area contributed by atoms with E-state index in [9.17, 15) is 10.1 Å². The highest BCUT2D eigenvalue weighted by Gasteiger charge is 2.10. The molecule has 0 aliphatic carbocycles. The second-order valence-electron chi connectivity index (χ2n) is 3.93. The molecule has 0 saturated heterocycles. The summed E-state index contributed by atoms with van der Waals surface area (Å²) < 4.78 is 5.55. The molecule has 1 heterocycles. The third-order valence-corrected chi connectivity index (χ3v) is 2.23. The van der Waals surface area contributed by atoms with E-state index < -0.39 is 4.92 Å². The molecule has 0 unspecified atom stereocenters. The van der Waals surface area contributed by atoms with E-state index in [1.165, 1.54) is 12.1 Å². The SMILES string of the molecule is CN(C)Cc1cc2cc([N+](=O)[O-])ccc2o1. The van der Waals surface area contributed by atoms with E-state index in [0.717, 1.165) is 11.1 Å². The van der Waals surface area contributed by atoms with Crippen molar-refractivity contribution < 1.29 is 9.34 Å². The van der Waals surface area contributed by atoms with E-state index >= 15 is 0 Å². The molecule has 0 aliphatic rings. The molecule has 16 heavy (non-hydrogen) atoms. The number of hydrogen-bond donors (Lipinski definition) is 0. The minimum absolute atomic E-state index is 0.0877. The Labute approximate surface area is 92.4 Å². The van der Waals surface area contributed by atoms with Crippen molar-refractivity contribution in [2.45, 2.75) is 6.54 Å². The van der Waals surface area contributed by atoms with Crippen molar-refractivity contribution in [3.8, 4) is 0 Å². The van der Waals surface area contributed by atoms with Crippen LogP contribution in [0.5, 0.6) is 0 Å². The van der Waals surface area contributed by atoms with Crippen LogP contribution in [0.3, 0.4) is 0 Å². The fourth-order valence-electron chi connectivity index (χ4n) is 1.59. The minimum Gasteiger partial charge on any atom is -0.460 e. The van der Waals surface area contributed by atoms with Gasteiger partial charge in [-0.25, -0.2) is 0 Å². The smallest absolute Gasteiger partial charge is 0.270 e. The van der Waals surface area contributed by atoms with Gasteiger partial charge in [-0.15, -0.1) is 0 Å². The first-order valence-electron chi connectivity index (χ1n) is 4.88. The number of furan rings is 1. The van der Waals surface area contributed by atoms with Crippen molar-refractivity contribution in [2.75, 3.05) is 14.1 Å². The van der Waals surface area contributed by atoms with Crippen LogP contribution >= 0.6 is 0 Å². The molecule has 1 aromatic carbocycles. The number of nitro groups is 1. The van der Waals surface area contributed by atoms with Gasteiger partial charge in [0.05, 0.1) is 11.5 Å². The van der Waals surface area contributed by atoms with Crippen LogP contribution in [-0.4, -0.2) is 23.9 Å². The monoisotopic (exact) mass is 220 g/mol. The molecule has 0 spiro atoms. The van der Waals surface area contributed by atoms with E-state index in [1.54, 1.807) is 6.07 Å². The van der Waals surface area contributed by atoms with Gasteiger partial charge < -0.3 is 9.32 Å². The standard InChI is InChI=1S/C11H12N2O3/c1-12(2)7-10-6-8-5-9(13(14)15)3-4-11(8)16-10/h3-6H,7H2,1-2H3. The topological polar surface area (TPSA) is 59.5 Å². The molecule has 1 aromatic heterocycles. The molecule has 0 amide bonds. The number of hydrogen-bond acceptors (Lipinski definition) is 4. The van der Waals surface area contributed by atoms with Gasteiger partial charge in [0.25, 0.3) is 5.69 Å². The predicted octanol–water partition coefficient (Wildman–Crippen LogP) is 2.40. The van der Waals surface area contributed by atoms with Crippen LogP contribution in [-0.2, 0) is 6.54 Å². The second kappa shape index (κ2) is 3.94. The molecular weight excluding hydrogens is 208 g/mol. The highest BCUT2D eigenvalue weighted by molar-refractivity contribution is 5.80. The number of benzene rings is 1. The highest BCUT2D eigenvalue weighted by atomic mass is 16.6. The quantitative estimate of drug-likeness (QED) is 0.588. The van der Waals surface area contributed by atoms with Crippen molar-refractivity contribution in [1.29, 1.82) is 0 Å². The van der Waals surface area contributed by atoms with Gasteiger partial charge in [0, 0.05) is 17.5 Å². The van der Waals surface area contributed by atoms with Crippen LogP contribution in [0.4, 0.5) is 5.69 Å². The molecule has 0 radical (unpaired) electrons. The van der Waals surface area contributed by atoms with Crippen LogP contribution in [0.25, 0.3) is 11.0 Å². The van der Waals surface area contributed by atoms with Gasteiger partial charge in [0.1, 0.15) is 11.3 Å². The molecule has 0 fully saturated rings. The van der Waals surface area contributed by atoms with Crippen molar-refractivity contribution >= 4 is 16.7 Å². The Bertz CT molecular complexity index is 531. The molecule has 5 heteroatoms. The fourth-order valence-corrected chi connectivity index (χ4v) is 1.59. The molecule has 0 N–H and O–H groups in total. The van der Waals surface area contributed by atoms with Crippen LogP contribution in [0.2, 0.25) is 0 Å². The third kappa shape index (κ3) is 2.04. The van der Waals surface area contributed by atoms with E-state index in [4.69, 9.17) is 4.42 Å². The van der Waals surface area contributed by atoms with E-state index in [0.29, 0.717) is 12.1 Å². The summed E-state index contributed by atoms with van der Waals surface area (Å²) >= 11 is 0. The van der Waals surface area contributed by atoms with Gasteiger partial charge in [0.2, 0.25) is 0 Å². The van der Waals surface area contributed by atoms with Gasteiger partial charge >= 0.3 is 0 Å². The lowest BCUT2D eigenvalue weighted by molar-refractivity contribution is -0.384. The molecule has 0 bridgehead atoms.